The van der Waals surface area contributed by atoms with Crippen molar-refractivity contribution in [3.8, 4) is 0 Å². The van der Waals surface area contributed by atoms with Gasteiger partial charge in [-0.1, -0.05) is 35.5 Å². The predicted octanol–water partition coefficient (Wildman–Crippen LogP) is 1.82. The maximum atomic E-state index is 12.5. The number of hydrogen-bond acceptors (Lipinski definition) is 7. The Morgan fingerprint density at radius 3 is 2.64 bits per heavy atom. The van der Waals surface area contributed by atoms with Gasteiger partial charge in [0.15, 0.2) is 17.0 Å². The van der Waals surface area contributed by atoms with Crippen LogP contribution < -0.4 is 4.90 Å². The lowest BCUT2D eigenvalue weighted by Gasteiger charge is -2.35. The minimum atomic E-state index is 0.199. The largest absolute Gasteiger partial charge is 0.351 e. The zero-order valence-electron chi connectivity index (χ0n) is 15.9. The van der Waals surface area contributed by atoms with E-state index in [2.05, 4.69) is 37.3 Å². The second-order valence-electron chi connectivity index (χ2n) is 6.62. The van der Waals surface area contributed by atoms with Crippen LogP contribution in [0.15, 0.2) is 36.7 Å². The Labute approximate surface area is 167 Å². The van der Waals surface area contributed by atoms with Gasteiger partial charge < -0.3 is 9.80 Å². The van der Waals surface area contributed by atoms with Crippen molar-refractivity contribution in [2.75, 3.05) is 36.8 Å². The fourth-order valence-electron chi connectivity index (χ4n) is 3.31. The van der Waals surface area contributed by atoms with Crippen LogP contribution in [0.4, 0.5) is 5.82 Å². The first-order valence-electron chi connectivity index (χ1n) is 9.45. The molecule has 0 atom stereocenters. The SMILES string of the molecule is CCn1nnc2c(N3CCN(C(=O)CSCc4ccccc4)CC3)ncnc21. The third-order valence-electron chi connectivity index (χ3n) is 4.85. The molecule has 0 unspecified atom stereocenters. The predicted molar refractivity (Wildman–Crippen MR) is 110 cm³/mol. The molecule has 1 aromatic carbocycles. The molecule has 1 amide bonds. The van der Waals surface area contributed by atoms with Gasteiger partial charge >= 0.3 is 0 Å². The monoisotopic (exact) mass is 397 g/mol. The number of nitrogens with zero attached hydrogens (tertiary/aromatic N) is 7. The van der Waals surface area contributed by atoms with Crippen molar-refractivity contribution in [1.82, 2.24) is 29.9 Å². The molecule has 1 fully saturated rings. The molecular formula is C19H23N7OS. The molecule has 2 aromatic heterocycles. The molecule has 28 heavy (non-hydrogen) atoms. The van der Waals surface area contributed by atoms with Gasteiger partial charge in [0.05, 0.1) is 5.75 Å². The Balaban J connectivity index is 1.32. The molecule has 0 spiro atoms. The van der Waals surface area contributed by atoms with E-state index in [1.165, 1.54) is 5.56 Å². The molecule has 9 heteroatoms. The first-order valence-corrected chi connectivity index (χ1v) is 10.6. The highest BCUT2D eigenvalue weighted by Crippen LogP contribution is 2.22. The Kier molecular flexibility index (Phi) is 5.70. The summed E-state index contributed by atoms with van der Waals surface area (Å²) in [6, 6.07) is 10.2. The molecule has 0 saturated carbocycles. The molecule has 1 saturated heterocycles. The van der Waals surface area contributed by atoms with E-state index in [1.54, 1.807) is 22.8 Å². The highest BCUT2D eigenvalue weighted by atomic mass is 32.2. The standard InChI is InChI=1S/C19H23N7OS/c1-2-26-19-17(22-23-26)18(20-14-21-19)25-10-8-24(9-11-25)16(27)13-28-12-15-6-4-3-5-7-15/h3-7,14H,2,8-13H2,1H3. The van der Waals surface area contributed by atoms with E-state index in [0.717, 1.165) is 42.4 Å². The van der Waals surface area contributed by atoms with Crippen LogP contribution in [0.1, 0.15) is 12.5 Å². The number of hydrogen-bond donors (Lipinski definition) is 0. The van der Waals surface area contributed by atoms with Crippen molar-refractivity contribution < 1.29 is 4.79 Å². The smallest absolute Gasteiger partial charge is 0.232 e. The highest BCUT2D eigenvalue weighted by molar-refractivity contribution is 7.99. The average Bonchev–Trinajstić information content (AvgIpc) is 3.18. The summed E-state index contributed by atoms with van der Waals surface area (Å²) in [6.45, 7) is 5.59. The van der Waals surface area contributed by atoms with Crippen LogP contribution in [0, 0.1) is 0 Å². The number of benzene rings is 1. The summed E-state index contributed by atoms with van der Waals surface area (Å²) in [6.07, 6.45) is 1.56. The van der Waals surface area contributed by atoms with E-state index >= 15 is 0 Å². The second kappa shape index (κ2) is 8.55. The maximum Gasteiger partial charge on any atom is 0.232 e. The second-order valence-corrected chi connectivity index (χ2v) is 7.61. The molecule has 0 bridgehead atoms. The van der Waals surface area contributed by atoms with Gasteiger partial charge in [-0.15, -0.1) is 16.9 Å². The van der Waals surface area contributed by atoms with E-state index in [9.17, 15) is 4.79 Å². The molecule has 1 aliphatic heterocycles. The first-order chi connectivity index (χ1) is 13.8. The summed E-state index contributed by atoms with van der Waals surface area (Å²) in [4.78, 5) is 25.4. The molecular weight excluding hydrogens is 374 g/mol. The number of carbonyl (C=O) groups excluding carboxylic acids is 1. The Morgan fingerprint density at radius 2 is 1.89 bits per heavy atom. The minimum absolute atomic E-state index is 0.199. The number of rotatable bonds is 6. The lowest BCUT2D eigenvalue weighted by molar-refractivity contribution is -0.128. The molecule has 0 N–H and O–H groups in total. The Morgan fingerprint density at radius 1 is 1.11 bits per heavy atom. The fourth-order valence-corrected chi connectivity index (χ4v) is 4.20. The summed E-state index contributed by atoms with van der Waals surface area (Å²) in [5, 5.41) is 8.39. The zero-order chi connectivity index (χ0) is 19.3. The molecule has 4 rings (SSSR count). The van der Waals surface area contributed by atoms with Gasteiger partial charge in [-0.3, -0.25) is 4.79 Å². The van der Waals surface area contributed by atoms with Gasteiger partial charge in [0.2, 0.25) is 5.91 Å². The van der Waals surface area contributed by atoms with Crippen LogP contribution in [0.5, 0.6) is 0 Å². The minimum Gasteiger partial charge on any atom is -0.351 e. The van der Waals surface area contributed by atoms with Crippen LogP contribution >= 0.6 is 11.8 Å². The molecule has 3 aromatic rings. The van der Waals surface area contributed by atoms with Crippen LogP contribution in [0.25, 0.3) is 11.2 Å². The van der Waals surface area contributed by atoms with Crippen molar-refractivity contribution >= 4 is 34.7 Å². The van der Waals surface area contributed by atoms with Gasteiger partial charge in [0.1, 0.15) is 6.33 Å². The topological polar surface area (TPSA) is 80.0 Å². The number of thioether (sulfide) groups is 1. The lowest BCUT2D eigenvalue weighted by Crippen LogP contribution is -2.49. The number of piperazine rings is 1. The van der Waals surface area contributed by atoms with Crippen molar-refractivity contribution in [1.29, 1.82) is 0 Å². The fraction of sp³-hybridized carbons (Fsp3) is 0.421. The average molecular weight is 398 g/mol. The first kappa shape index (κ1) is 18.7. The summed E-state index contributed by atoms with van der Waals surface area (Å²) in [7, 11) is 0. The third-order valence-corrected chi connectivity index (χ3v) is 5.84. The van der Waals surface area contributed by atoms with Gasteiger partial charge in [-0.05, 0) is 12.5 Å². The van der Waals surface area contributed by atoms with Crippen LogP contribution in [-0.4, -0.2) is 67.7 Å². The van der Waals surface area contributed by atoms with Crippen LogP contribution in [0.2, 0.25) is 0 Å². The number of anilines is 1. The quantitative estimate of drug-likeness (QED) is 0.628. The molecule has 8 nitrogen and oxygen atoms in total. The highest BCUT2D eigenvalue weighted by Gasteiger charge is 2.24. The van der Waals surface area contributed by atoms with Crippen molar-refractivity contribution in [3.63, 3.8) is 0 Å². The molecule has 0 radical (unpaired) electrons. The number of aryl methyl sites for hydroxylation is 1. The molecule has 1 aliphatic rings. The lowest BCUT2D eigenvalue weighted by atomic mass is 10.2. The number of amides is 1. The Hall–Kier alpha value is -2.68. The van der Waals surface area contributed by atoms with Crippen LogP contribution in [0.3, 0.4) is 0 Å². The molecule has 3 heterocycles. The summed E-state index contributed by atoms with van der Waals surface area (Å²) in [5.74, 6) is 2.37. The van der Waals surface area contributed by atoms with E-state index in [0.29, 0.717) is 18.8 Å². The van der Waals surface area contributed by atoms with Crippen molar-refractivity contribution in [2.24, 2.45) is 0 Å². The van der Waals surface area contributed by atoms with E-state index < -0.39 is 0 Å². The van der Waals surface area contributed by atoms with Crippen molar-refractivity contribution in [3.05, 3.63) is 42.2 Å². The van der Waals surface area contributed by atoms with Crippen molar-refractivity contribution in [2.45, 2.75) is 19.2 Å². The molecule has 146 valence electrons. The van der Waals surface area contributed by atoms with Crippen LogP contribution in [-0.2, 0) is 17.1 Å². The summed E-state index contributed by atoms with van der Waals surface area (Å²) >= 11 is 1.67. The number of fused-ring (bicyclic) bond motifs is 1. The number of carbonyl (C=O) groups is 1. The van der Waals surface area contributed by atoms with E-state index in [4.69, 9.17) is 0 Å². The van der Waals surface area contributed by atoms with E-state index in [-0.39, 0.29) is 5.91 Å². The van der Waals surface area contributed by atoms with Gasteiger partial charge in [-0.25, -0.2) is 14.6 Å². The normalized spacial score (nSPS) is 14.6. The van der Waals surface area contributed by atoms with Gasteiger partial charge in [0.25, 0.3) is 0 Å². The zero-order valence-corrected chi connectivity index (χ0v) is 16.7. The summed E-state index contributed by atoms with van der Waals surface area (Å²) in [5.41, 5.74) is 2.73. The number of aromatic nitrogens is 5. The summed E-state index contributed by atoms with van der Waals surface area (Å²) < 4.78 is 1.77. The van der Waals surface area contributed by atoms with Gasteiger partial charge in [0, 0.05) is 38.5 Å². The Bertz CT molecular complexity index is 938. The van der Waals surface area contributed by atoms with E-state index in [1.807, 2.05) is 30.0 Å². The molecule has 0 aliphatic carbocycles. The maximum absolute atomic E-state index is 12.5. The third kappa shape index (κ3) is 3.94. The van der Waals surface area contributed by atoms with Gasteiger partial charge in [-0.2, -0.15) is 0 Å².